The molecule has 0 aliphatic carbocycles. The predicted octanol–water partition coefficient (Wildman–Crippen LogP) is 7.85. The molecule has 0 spiro atoms. The number of benzene rings is 4. The SMILES string of the molecule is COc1cc(OC)cc(C(CCC(=O)O)C(=O)c2c(F)cc(F)cc2F)c1.COc1cc(OC)cc(C2=C(c3c(F)cc(F)cc3F)NC(=O)CC2)c1. The fourth-order valence-electron chi connectivity index (χ4n) is 5.61. The van der Waals surface area contributed by atoms with Gasteiger partial charge in [0.25, 0.3) is 0 Å². The second-order valence-electron chi connectivity index (χ2n) is 11.5. The van der Waals surface area contributed by atoms with Crippen molar-refractivity contribution in [3.63, 3.8) is 0 Å². The number of carboxylic acids is 1. The van der Waals surface area contributed by atoms with Gasteiger partial charge in [0, 0.05) is 55.2 Å². The molecular formula is C38H33F6NO8. The number of ether oxygens (including phenoxy) is 4. The molecule has 4 aromatic carbocycles. The van der Waals surface area contributed by atoms with Gasteiger partial charge in [-0.15, -0.1) is 0 Å². The quantitative estimate of drug-likeness (QED) is 0.111. The molecule has 0 saturated carbocycles. The first kappa shape index (κ1) is 39.8. The first-order chi connectivity index (χ1) is 25.2. The average Bonchev–Trinajstić information content (AvgIpc) is 3.10. The van der Waals surface area contributed by atoms with Crippen LogP contribution in [0.2, 0.25) is 0 Å². The van der Waals surface area contributed by atoms with Crippen LogP contribution in [0.1, 0.15) is 58.6 Å². The Kier molecular flexibility index (Phi) is 13.1. The van der Waals surface area contributed by atoms with Crippen molar-refractivity contribution in [1.29, 1.82) is 0 Å². The van der Waals surface area contributed by atoms with Crippen molar-refractivity contribution in [3.05, 3.63) is 118 Å². The zero-order chi connectivity index (χ0) is 39.0. The number of nitrogens with one attached hydrogen (secondary N) is 1. The molecular weight excluding hydrogens is 712 g/mol. The fourth-order valence-corrected chi connectivity index (χ4v) is 5.61. The minimum Gasteiger partial charge on any atom is -0.497 e. The van der Waals surface area contributed by atoms with E-state index in [9.17, 15) is 40.7 Å². The fraction of sp³-hybridized carbons (Fsp3) is 0.237. The number of aliphatic carboxylic acids is 1. The maximum Gasteiger partial charge on any atom is 0.303 e. The molecule has 1 unspecified atom stereocenters. The van der Waals surface area contributed by atoms with Gasteiger partial charge in [-0.3, -0.25) is 14.4 Å². The van der Waals surface area contributed by atoms with Crippen LogP contribution in [0.15, 0.2) is 60.7 Å². The second kappa shape index (κ2) is 17.5. The summed E-state index contributed by atoms with van der Waals surface area (Å²) >= 11 is 0. The Morgan fingerprint density at radius 2 is 1.13 bits per heavy atom. The average molecular weight is 746 g/mol. The summed E-state index contributed by atoms with van der Waals surface area (Å²) in [6, 6.07) is 11.4. The van der Waals surface area contributed by atoms with Crippen LogP contribution in [-0.2, 0) is 9.59 Å². The van der Waals surface area contributed by atoms with Gasteiger partial charge in [-0.2, -0.15) is 0 Å². The number of allylic oxidation sites excluding steroid dienone is 1. The summed E-state index contributed by atoms with van der Waals surface area (Å²) < 4.78 is 104. The Morgan fingerprint density at radius 3 is 1.58 bits per heavy atom. The highest BCUT2D eigenvalue weighted by atomic mass is 19.2. The lowest BCUT2D eigenvalue weighted by Crippen LogP contribution is -2.27. The van der Waals surface area contributed by atoms with Crippen molar-refractivity contribution < 1.29 is 64.8 Å². The zero-order valence-electron chi connectivity index (χ0n) is 28.8. The molecule has 15 heteroatoms. The summed E-state index contributed by atoms with van der Waals surface area (Å²) in [7, 11) is 5.73. The summed E-state index contributed by atoms with van der Waals surface area (Å²) in [6.07, 6.45) is -0.225. The number of hydrogen-bond acceptors (Lipinski definition) is 7. The highest BCUT2D eigenvalue weighted by Crippen LogP contribution is 2.38. The lowest BCUT2D eigenvalue weighted by molar-refractivity contribution is -0.137. The van der Waals surface area contributed by atoms with Crippen LogP contribution >= 0.6 is 0 Å². The van der Waals surface area contributed by atoms with E-state index in [1.807, 2.05) is 0 Å². The number of carbonyl (C=O) groups is 3. The van der Waals surface area contributed by atoms with E-state index >= 15 is 0 Å². The van der Waals surface area contributed by atoms with Crippen LogP contribution in [0.4, 0.5) is 26.3 Å². The van der Waals surface area contributed by atoms with Gasteiger partial charge in [0.05, 0.1) is 45.3 Å². The molecule has 280 valence electrons. The molecule has 1 aliphatic heterocycles. The minimum absolute atomic E-state index is 0.0217. The van der Waals surface area contributed by atoms with Crippen molar-refractivity contribution in [1.82, 2.24) is 5.32 Å². The third-order valence-electron chi connectivity index (χ3n) is 8.12. The van der Waals surface area contributed by atoms with Gasteiger partial charge in [0.2, 0.25) is 5.91 Å². The van der Waals surface area contributed by atoms with E-state index in [2.05, 4.69) is 5.32 Å². The predicted molar refractivity (Wildman–Crippen MR) is 180 cm³/mol. The van der Waals surface area contributed by atoms with Crippen LogP contribution in [0.5, 0.6) is 23.0 Å². The van der Waals surface area contributed by atoms with Gasteiger partial charge >= 0.3 is 5.97 Å². The lowest BCUT2D eigenvalue weighted by Gasteiger charge is -2.23. The van der Waals surface area contributed by atoms with Crippen molar-refractivity contribution in [3.8, 4) is 23.0 Å². The van der Waals surface area contributed by atoms with Crippen molar-refractivity contribution in [2.75, 3.05) is 28.4 Å². The van der Waals surface area contributed by atoms with Gasteiger partial charge < -0.3 is 29.4 Å². The number of carboxylic acid groups (broad SMARTS) is 1. The van der Waals surface area contributed by atoms with Crippen molar-refractivity contribution >= 4 is 28.9 Å². The highest BCUT2D eigenvalue weighted by molar-refractivity contribution is 6.02. The molecule has 9 nitrogen and oxygen atoms in total. The summed E-state index contributed by atoms with van der Waals surface area (Å²) in [5.41, 5.74) is -0.0672. The van der Waals surface area contributed by atoms with Crippen molar-refractivity contribution in [2.24, 2.45) is 0 Å². The van der Waals surface area contributed by atoms with Gasteiger partial charge in [0.15, 0.2) is 5.78 Å². The molecule has 0 fully saturated rings. The third kappa shape index (κ3) is 9.67. The first-order valence-electron chi connectivity index (χ1n) is 15.7. The van der Waals surface area contributed by atoms with Gasteiger partial charge in [-0.25, -0.2) is 26.3 Å². The van der Waals surface area contributed by atoms with E-state index < -0.39 is 70.1 Å². The number of hydrogen-bond donors (Lipinski definition) is 2. The molecule has 5 rings (SSSR count). The normalized spacial score (nSPS) is 13.0. The number of ketones is 1. The molecule has 1 heterocycles. The van der Waals surface area contributed by atoms with E-state index in [0.29, 0.717) is 58.4 Å². The van der Waals surface area contributed by atoms with Gasteiger partial charge in [-0.05, 0) is 53.8 Å². The lowest BCUT2D eigenvalue weighted by atomic mass is 9.86. The Labute approximate surface area is 299 Å². The Balaban J connectivity index is 0.000000237. The van der Waals surface area contributed by atoms with E-state index in [-0.39, 0.29) is 36.4 Å². The summed E-state index contributed by atoms with van der Waals surface area (Å²) in [5.74, 6) is -9.21. The second-order valence-corrected chi connectivity index (χ2v) is 11.5. The third-order valence-corrected chi connectivity index (χ3v) is 8.12. The van der Waals surface area contributed by atoms with Crippen LogP contribution in [0.3, 0.4) is 0 Å². The van der Waals surface area contributed by atoms with E-state index in [4.69, 9.17) is 24.1 Å². The smallest absolute Gasteiger partial charge is 0.303 e. The molecule has 1 atom stereocenters. The Morgan fingerprint density at radius 1 is 0.679 bits per heavy atom. The van der Waals surface area contributed by atoms with Crippen molar-refractivity contribution in [2.45, 2.75) is 31.6 Å². The van der Waals surface area contributed by atoms with E-state index in [1.54, 1.807) is 18.2 Å². The van der Waals surface area contributed by atoms with Crippen LogP contribution in [0, 0.1) is 34.9 Å². The standard InChI is InChI=1S/C19H16F3NO3.C19H17F3O5/c1-25-12-5-10(6-13(9-12)26-2)14-3-4-17(24)23-19(14)18-15(21)7-11(20)8-16(18)22;1-26-12-5-10(6-13(9-12)27-2)14(3-4-17(23)24)19(25)18-15(21)7-11(20)8-16(18)22/h5-9H,3-4H2,1-2H3,(H,23,24);5-9,14H,3-4H2,1-2H3,(H,23,24). The number of methoxy groups -OCH3 is 4. The maximum atomic E-state index is 14.3. The number of carbonyl (C=O) groups excluding carboxylic acids is 2. The molecule has 2 N–H and O–H groups in total. The summed E-state index contributed by atoms with van der Waals surface area (Å²) in [4.78, 5) is 35.6. The highest BCUT2D eigenvalue weighted by Gasteiger charge is 2.30. The summed E-state index contributed by atoms with van der Waals surface area (Å²) in [6.45, 7) is 0. The Hall–Kier alpha value is -5.99. The molecule has 1 aliphatic rings. The van der Waals surface area contributed by atoms with Crippen LogP contribution in [0.25, 0.3) is 11.3 Å². The minimum atomic E-state index is -1.35. The number of rotatable bonds is 12. The zero-order valence-corrected chi connectivity index (χ0v) is 28.8. The number of amides is 1. The van der Waals surface area contributed by atoms with Crippen LogP contribution in [-0.4, -0.2) is 51.2 Å². The maximum absolute atomic E-state index is 14.3. The number of Topliss-reactive ketones (excluding diaryl/α,β-unsaturated/α-hetero) is 1. The van der Waals surface area contributed by atoms with E-state index in [1.165, 1.54) is 46.6 Å². The molecule has 53 heavy (non-hydrogen) atoms. The monoisotopic (exact) mass is 745 g/mol. The van der Waals surface area contributed by atoms with E-state index in [0.717, 1.165) is 0 Å². The van der Waals surface area contributed by atoms with Crippen LogP contribution < -0.4 is 24.3 Å². The molecule has 1 amide bonds. The van der Waals surface area contributed by atoms with Gasteiger partial charge in [0.1, 0.15) is 57.9 Å². The Bertz CT molecular complexity index is 1980. The topological polar surface area (TPSA) is 120 Å². The molecule has 0 radical (unpaired) electrons. The molecule has 0 saturated heterocycles. The molecule has 0 bridgehead atoms. The van der Waals surface area contributed by atoms with Gasteiger partial charge in [-0.1, -0.05) is 0 Å². The largest absolute Gasteiger partial charge is 0.497 e. The molecule has 4 aromatic rings. The first-order valence-corrected chi connectivity index (χ1v) is 15.7. The molecule has 0 aromatic heterocycles. The summed E-state index contributed by atoms with van der Waals surface area (Å²) in [5, 5.41) is 11.5. The number of halogens is 6.